The van der Waals surface area contributed by atoms with Crippen LogP contribution in [0.5, 0.6) is 0 Å². The predicted molar refractivity (Wildman–Crippen MR) is 15.2 cm³/mol. The van der Waals surface area contributed by atoms with Gasteiger partial charge in [-0.1, -0.05) is 12.8 Å². The summed E-state index contributed by atoms with van der Waals surface area (Å²) < 4.78 is 46.7. The third-order valence-electron chi connectivity index (χ3n) is 0.165. The molecule has 0 aromatic heterocycles. The second-order valence-corrected chi connectivity index (χ2v) is 1.71. The van der Waals surface area contributed by atoms with Gasteiger partial charge >= 0.3 is 29.3 Å². The van der Waals surface area contributed by atoms with Gasteiger partial charge in [0.05, 0.1) is 0 Å². The summed E-state index contributed by atoms with van der Waals surface area (Å²) in [5.41, 5.74) is 0. The molecule has 0 aromatic carbocycles. The molecule has 0 aromatic rings. The molecule has 0 unspecified atom stereocenters. The average molecular weight is 143 g/mol. The van der Waals surface area contributed by atoms with E-state index in [-0.39, 0.29) is 20.3 Å². The van der Waals surface area contributed by atoms with Crippen LogP contribution in [-0.4, -0.2) is 13.2 Å². The van der Waals surface area contributed by atoms with Gasteiger partial charge in [-0.2, -0.15) is 8.42 Å². The molecular formula is HF3LiNO2S. The van der Waals surface area contributed by atoms with E-state index in [2.05, 4.69) is 0 Å². The first-order valence-corrected chi connectivity index (χ1v) is 2.35. The summed E-state index contributed by atoms with van der Waals surface area (Å²) in [6.45, 7) is 0. The van der Waals surface area contributed by atoms with Crippen molar-refractivity contribution in [2.24, 2.45) is 0 Å². The van der Waals surface area contributed by atoms with Crippen molar-refractivity contribution in [2.75, 3.05) is 0 Å². The molecule has 0 fully saturated rings. The topological polar surface area (TPSA) is 37.4 Å². The van der Waals surface area contributed by atoms with Crippen molar-refractivity contribution in [3.05, 3.63) is 0 Å². The van der Waals surface area contributed by atoms with Crippen LogP contribution in [0.1, 0.15) is 1.43 Å². The first-order valence-electron chi connectivity index (χ1n) is 1.01. The Morgan fingerprint density at radius 3 is 1.50 bits per heavy atom. The normalized spacial score (nSPS) is 11.0. The van der Waals surface area contributed by atoms with Crippen LogP contribution in [0.4, 0.5) is 12.8 Å². The van der Waals surface area contributed by atoms with E-state index in [1.54, 1.807) is 0 Å². The second-order valence-electron chi connectivity index (χ2n) is 0.614. The number of hydrogen-bond donors (Lipinski definition) is 0. The Bertz CT molecular complexity index is 144. The Kier molecular flexibility index (Phi) is 4.66. The van der Waals surface area contributed by atoms with Gasteiger partial charge in [-0.05, 0) is 0 Å². The predicted octanol–water partition coefficient (Wildman–Crippen LogP) is -2.61. The van der Waals surface area contributed by atoms with Gasteiger partial charge in [0.2, 0.25) is 0 Å². The van der Waals surface area contributed by atoms with Crippen LogP contribution in [0.15, 0.2) is 0 Å². The molecule has 0 heterocycles. The smallest absolute Gasteiger partial charge is 1.00 e. The Morgan fingerprint density at radius 2 is 1.50 bits per heavy atom. The molecule has 0 aliphatic rings. The minimum absolute atomic E-state index is 0. The van der Waals surface area contributed by atoms with Crippen LogP contribution >= 0.6 is 0 Å². The van der Waals surface area contributed by atoms with Crippen molar-refractivity contribution < 1.29 is 41.6 Å². The molecule has 0 aliphatic heterocycles. The zero-order chi connectivity index (χ0) is 6.08. The first-order chi connectivity index (χ1) is 2.94. The van der Waals surface area contributed by atoms with Gasteiger partial charge in [0.1, 0.15) is 0 Å². The van der Waals surface area contributed by atoms with Crippen LogP contribution in [-0.2, 0) is 10.4 Å². The van der Waals surface area contributed by atoms with Crippen LogP contribution in [0.2, 0.25) is 0 Å². The SMILES string of the molecule is O=S(=O)(F)N(F)F.[H-].[Li+]. The molecule has 0 atom stereocenters. The van der Waals surface area contributed by atoms with Gasteiger partial charge in [0.25, 0.3) is 0 Å². The van der Waals surface area contributed by atoms with Crippen LogP contribution < -0.4 is 18.9 Å². The molecule has 0 rings (SSSR count). The van der Waals surface area contributed by atoms with E-state index in [4.69, 9.17) is 8.42 Å². The zero-order valence-electron chi connectivity index (χ0n) is 4.81. The Hall–Kier alpha value is 0.297. The molecule has 0 spiro atoms. The molecular weight excluding hydrogens is 142 g/mol. The van der Waals surface area contributed by atoms with E-state index in [0.717, 1.165) is 0 Å². The molecule has 0 radical (unpaired) electrons. The fourth-order valence-electron chi connectivity index (χ4n) is 0. The monoisotopic (exact) mass is 143 g/mol. The van der Waals surface area contributed by atoms with E-state index in [9.17, 15) is 12.8 Å². The molecule has 46 valence electrons. The van der Waals surface area contributed by atoms with Crippen molar-refractivity contribution in [2.45, 2.75) is 0 Å². The van der Waals surface area contributed by atoms with Crippen molar-refractivity contribution in [3.63, 3.8) is 0 Å². The summed E-state index contributed by atoms with van der Waals surface area (Å²) >= 11 is 0. The fraction of sp³-hybridized carbons (Fsp3) is 0. The molecule has 8 heavy (non-hydrogen) atoms. The molecule has 0 saturated heterocycles. The summed E-state index contributed by atoms with van der Waals surface area (Å²) in [5.74, 6) is 0. The number of halogens is 3. The van der Waals surface area contributed by atoms with E-state index in [1.165, 1.54) is 0 Å². The van der Waals surface area contributed by atoms with Gasteiger partial charge in [-0.3, -0.25) is 0 Å². The molecule has 3 nitrogen and oxygen atoms in total. The van der Waals surface area contributed by atoms with E-state index in [0.29, 0.717) is 0 Å². The maximum Gasteiger partial charge on any atom is 1.00 e. The van der Waals surface area contributed by atoms with Crippen molar-refractivity contribution in [3.8, 4) is 0 Å². The number of rotatable bonds is 1. The summed E-state index contributed by atoms with van der Waals surface area (Å²) in [5, 5.41) is 0. The Balaban J connectivity index is -0.000000180. The van der Waals surface area contributed by atoms with E-state index >= 15 is 0 Å². The molecule has 8 heteroatoms. The van der Waals surface area contributed by atoms with Crippen LogP contribution in [0.25, 0.3) is 0 Å². The molecule has 0 aliphatic carbocycles. The Morgan fingerprint density at radius 1 is 1.38 bits per heavy atom. The molecule has 0 amide bonds. The van der Waals surface area contributed by atoms with Crippen molar-refractivity contribution >= 4 is 10.4 Å². The second kappa shape index (κ2) is 3.35. The number of nitrogens with zero attached hydrogens (tertiary/aromatic N) is 1. The zero-order valence-corrected chi connectivity index (χ0v) is 4.62. The summed E-state index contributed by atoms with van der Waals surface area (Å²) in [7, 11) is -5.74. The van der Waals surface area contributed by atoms with E-state index < -0.39 is 15.2 Å². The first kappa shape index (κ1) is 11.1. The summed E-state index contributed by atoms with van der Waals surface area (Å²) in [6, 6.07) is 0. The summed E-state index contributed by atoms with van der Waals surface area (Å²) in [6.07, 6.45) is 0. The third-order valence-corrected chi connectivity index (χ3v) is 0.495. The van der Waals surface area contributed by atoms with Crippen LogP contribution in [0, 0.1) is 0 Å². The average Bonchev–Trinajstić information content (AvgIpc) is 1.31. The summed E-state index contributed by atoms with van der Waals surface area (Å²) in [4.78, 5) is 0. The van der Waals surface area contributed by atoms with Crippen molar-refractivity contribution in [1.82, 2.24) is 4.75 Å². The minimum atomic E-state index is -5.74. The van der Waals surface area contributed by atoms with Gasteiger partial charge < -0.3 is 1.43 Å². The third kappa shape index (κ3) is 4.46. The molecule has 0 N–H and O–H groups in total. The molecule has 0 bridgehead atoms. The van der Waals surface area contributed by atoms with Gasteiger partial charge in [0.15, 0.2) is 4.75 Å². The van der Waals surface area contributed by atoms with Gasteiger partial charge in [-0.25, -0.2) is 0 Å². The fourth-order valence-corrected chi connectivity index (χ4v) is 0. The van der Waals surface area contributed by atoms with Gasteiger partial charge in [-0.15, -0.1) is 0 Å². The Labute approximate surface area is 57.3 Å². The molecule has 0 saturated carbocycles. The van der Waals surface area contributed by atoms with Crippen LogP contribution in [0.3, 0.4) is 0 Å². The van der Waals surface area contributed by atoms with Crippen molar-refractivity contribution in [1.29, 1.82) is 0 Å². The minimum Gasteiger partial charge on any atom is -1.00 e. The van der Waals surface area contributed by atoms with Gasteiger partial charge in [0, 0.05) is 0 Å². The van der Waals surface area contributed by atoms with E-state index in [1.807, 2.05) is 0 Å². The number of hydrogen-bond acceptors (Lipinski definition) is 2. The quantitative estimate of drug-likeness (QED) is 0.229. The maximum absolute atomic E-state index is 10.7. The standard InChI is InChI=1S/F3NO2S.Li.H/c1-4(2)7(3,5)6;;/q;+1;-1. The maximum atomic E-state index is 10.7. The largest absolute Gasteiger partial charge is 1.00 e.